The third-order valence-corrected chi connectivity index (χ3v) is 6.88. The fourth-order valence-electron chi connectivity index (χ4n) is 5.12. The Morgan fingerprint density at radius 3 is 2.33 bits per heavy atom. The van der Waals surface area contributed by atoms with Crippen LogP contribution in [0.2, 0.25) is 0 Å². The highest BCUT2D eigenvalue weighted by Gasteiger charge is 2.39. The van der Waals surface area contributed by atoms with E-state index in [1.165, 1.54) is 31.2 Å². The van der Waals surface area contributed by atoms with Crippen LogP contribution in [-0.4, -0.2) is 41.5 Å². The first-order valence-electron chi connectivity index (χ1n) is 11.5. The number of carbonyl (C=O) groups is 1. The lowest BCUT2D eigenvalue weighted by molar-refractivity contribution is -0.125. The lowest BCUT2D eigenvalue weighted by Gasteiger charge is -2.43. The molecular weight excluding hydrogens is 372 g/mol. The smallest absolute Gasteiger partial charge is 0.238 e. The van der Waals surface area contributed by atoms with Gasteiger partial charge in [-0.15, -0.1) is 0 Å². The molecule has 1 aromatic carbocycles. The second kappa shape index (κ2) is 9.49. The van der Waals surface area contributed by atoms with Crippen molar-refractivity contribution in [3.63, 3.8) is 0 Å². The van der Waals surface area contributed by atoms with Gasteiger partial charge in [0.05, 0.1) is 12.1 Å². The molecule has 1 heterocycles. The standard InChI is InChI=1S/C25H38N4O/c1-24(2,3)17-22(27)23(30)28-25(18-26)13-15-29(16-14-25)21-11-9-20(10-12-21)19-7-5-4-6-8-19/h4-8,20-22H,9-17,27H2,1-3H3,(H,28,30). The lowest BCUT2D eigenvalue weighted by Crippen LogP contribution is -2.59. The number of hydrogen-bond donors (Lipinski definition) is 2. The summed E-state index contributed by atoms with van der Waals surface area (Å²) in [6, 6.07) is 13.3. The maximum absolute atomic E-state index is 12.6. The van der Waals surface area contributed by atoms with Gasteiger partial charge in [0.2, 0.25) is 5.91 Å². The number of carbonyl (C=O) groups excluding carboxylic acids is 1. The SMILES string of the molecule is CC(C)(C)CC(N)C(=O)NC1(C#N)CCN(C2CCC(c3ccccc3)CC2)CC1. The van der Waals surface area contributed by atoms with Gasteiger partial charge >= 0.3 is 0 Å². The van der Waals surface area contributed by atoms with Crippen LogP contribution in [0.5, 0.6) is 0 Å². The van der Waals surface area contributed by atoms with Crippen LogP contribution >= 0.6 is 0 Å². The van der Waals surface area contributed by atoms with Gasteiger partial charge in [-0.3, -0.25) is 4.79 Å². The van der Waals surface area contributed by atoms with E-state index in [1.807, 2.05) is 0 Å². The summed E-state index contributed by atoms with van der Waals surface area (Å²) >= 11 is 0. The number of hydrogen-bond acceptors (Lipinski definition) is 4. The molecule has 1 aliphatic carbocycles. The number of rotatable bonds is 5. The van der Waals surface area contributed by atoms with Crippen molar-refractivity contribution in [3.05, 3.63) is 35.9 Å². The van der Waals surface area contributed by atoms with Crippen LogP contribution in [0.25, 0.3) is 0 Å². The minimum absolute atomic E-state index is 0.0154. The summed E-state index contributed by atoms with van der Waals surface area (Å²) in [5, 5.41) is 12.8. The molecule has 3 N–H and O–H groups in total. The second-order valence-corrected chi connectivity index (χ2v) is 10.5. The van der Waals surface area contributed by atoms with Crippen molar-refractivity contribution in [2.75, 3.05) is 13.1 Å². The molecule has 1 aliphatic heterocycles. The molecule has 1 unspecified atom stereocenters. The zero-order valence-corrected chi connectivity index (χ0v) is 18.9. The molecule has 2 aliphatic rings. The molecule has 1 amide bonds. The van der Waals surface area contributed by atoms with Gasteiger partial charge < -0.3 is 16.0 Å². The Morgan fingerprint density at radius 1 is 1.20 bits per heavy atom. The maximum Gasteiger partial charge on any atom is 0.238 e. The number of likely N-dealkylation sites (tertiary alicyclic amines) is 1. The van der Waals surface area contributed by atoms with Crippen LogP contribution in [-0.2, 0) is 4.79 Å². The van der Waals surface area contributed by atoms with Gasteiger partial charge in [0, 0.05) is 19.1 Å². The van der Waals surface area contributed by atoms with Crippen molar-refractivity contribution in [1.82, 2.24) is 10.2 Å². The zero-order chi connectivity index (χ0) is 21.8. The van der Waals surface area contributed by atoms with Crippen LogP contribution in [0.3, 0.4) is 0 Å². The first-order valence-corrected chi connectivity index (χ1v) is 11.5. The summed E-state index contributed by atoms with van der Waals surface area (Å²) in [5.41, 5.74) is 6.78. The lowest BCUT2D eigenvalue weighted by atomic mass is 9.80. The Bertz CT molecular complexity index is 733. The molecule has 164 valence electrons. The number of benzene rings is 1. The molecular formula is C25H38N4O. The molecule has 0 radical (unpaired) electrons. The van der Waals surface area contributed by atoms with E-state index < -0.39 is 11.6 Å². The zero-order valence-electron chi connectivity index (χ0n) is 18.9. The van der Waals surface area contributed by atoms with Crippen LogP contribution in [0.4, 0.5) is 0 Å². The Morgan fingerprint density at radius 2 is 1.80 bits per heavy atom. The van der Waals surface area contributed by atoms with Crippen LogP contribution in [0.1, 0.15) is 77.2 Å². The molecule has 5 heteroatoms. The largest absolute Gasteiger partial charge is 0.336 e. The fraction of sp³-hybridized carbons (Fsp3) is 0.680. The average molecular weight is 411 g/mol. The molecule has 0 spiro atoms. The van der Waals surface area contributed by atoms with Crippen LogP contribution < -0.4 is 11.1 Å². The third-order valence-electron chi connectivity index (χ3n) is 6.88. The molecule has 1 aromatic rings. The number of nitrogens with two attached hydrogens (primary N) is 1. The summed E-state index contributed by atoms with van der Waals surface area (Å²) in [7, 11) is 0. The predicted molar refractivity (Wildman–Crippen MR) is 121 cm³/mol. The molecule has 1 saturated heterocycles. The summed E-state index contributed by atoms with van der Waals surface area (Å²) in [6.07, 6.45) is 6.84. The maximum atomic E-state index is 12.6. The van der Waals surface area contributed by atoms with Crippen molar-refractivity contribution in [2.45, 2.75) is 89.3 Å². The second-order valence-electron chi connectivity index (χ2n) is 10.5. The van der Waals surface area contributed by atoms with Crippen molar-refractivity contribution < 1.29 is 4.79 Å². The van der Waals surface area contributed by atoms with Gasteiger partial charge in [-0.1, -0.05) is 51.1 Å². The highest BCUT2D eigenvalue weighted by atomic mass is 16.2. The van der Waals surface area contributed by atoms with Crippen molar-refractivity contribution in [1.29, 1.82) is 5.26 Å². The molecule has 1 atom stereocenters. The van der Waals surface area contributed by atoms with Crippen molar-refractivity contribution >= 4 is 5.91 Å². The monoisotopic (exact) mass is 410 g/mol. The molecule has 30 heavy (non-hydrogen) atoms. The summed E-state index contributed by atoms with van der Waals surface area (Å²) in [5.74, 6) is 0.484. The van der Waals surface area contributed by atoms with Crippen molar-refractivity contribution in [3.8, 4) is 6.07 Å². The van der Waals surface area contributed by atoms with E-state index in [2.05, 4.69) is 67.4 Å². The molecule has 0 aromatic heterocycles. The summed E-state index contributed by atoms with van der Waals surface area (Å²) < 4.78 is 0. The van der Waals surface area contributed by atoms with Gasteiger partial charge in [-0.05, 0) is 61.8 Å². The average Bonchev–Trinajstić information content (AvgIpc) is 2.74. The summed E-state index contributed by atoms with van der Waals surface area (Å²) in [6.45, 7) is 7.95. The molecule has 0 bridgehead atoms. The molecule has 1 saturated carbocycles. The van der Waals surface area contributed by atoms with E-state index in [9.17, 15) is 10.1 Å². The number of nitrogens with one attached hydrogen (secondary N) is 1. The molecule has 2 fully saturated rings. The van der Waals surface area contributed by atoms with E-state index >= 15 is 0 Å². The Hall–Kier alpha value is -1.90. The highest BCUT2D eigenvalue weighted by Crippen LogP contribution is 2.36. The van der Waals surface area contributed by atoms with Crippen LogP contribution in [0, 0.1) is 16.7 Å². The third kappa shape index (κ3) is 5.83. The minimum Gasteiger partial charge on any atom is -0.336 e. The van der Waals surface area contributed by atoms with Gasteiger partial charge in [0.1, 0.15) is 5.54 Å². The summed E-state index contributed by atoms with van der Waals surface area (Å²) in [4.78, 5) is 15.1. The van der Waals surface area contributed by atoms with E-state index in [0.717, 1.165) is 13.1 Å². The molecule has 3 rings (SSSR count). The van der Waals surface area contributed by atoms with E-state index in [0.29, 0.717) is 31.2 Å². The fourth-order valence-corrected chi connectivity index (χ4v) is 5.12. The first kappa shape index (κ1) is 22.8. The van der Waals surface area contributed by atoms with Gasteiger partial charge in [-0.2, -0.15) is 5.26 Å². The Kier molecular flexibility index (Phi) is 7.21. The van der Waals surface area contributed by atoms with E-state index in [4.69, 9.17) is 5.73 Å². The molecule has 5 nitrogen and oxygen atoms in total. The normalized spacial score (nSPS) is 25.8. The predicted octanol–water partition coefficient (Wildman–Crippen LogP) is 3.95. The van der Waals surface area contributed by atoms with E-state index in [-0.39, 0.29) is 11.3 Å². The minimum atomic E-state index is -0.773. The van der Waals surface area contributed by atoms with E-state index in [1.54, 1.807) is 0 Å². The number of nitriles is 1. The Labute approximate surface area is 182 Å². The number of nitrogens with zero attached hydrogens (tertiary/aromatic N) is 2. The number of amides is 1. The highest BCUT2D eigenvalue weighted by molar-refractivity contribution is 5.82. The topological polar surface area (TPSA) is 82.1 Å². The first-order chi connectivity index (χ1) is 14.2. The van der Waals surface area contributed by atoms with Gasteiger partial charge in [0.15, 0.2) is 0 Å². The van der Waals surface area contributed by atoms with Crippen LogP contribution in [0.15, 0.2) is 30.3 Å². The quantitative estimate of drug-likeness (QED) is 0.770. The number of piperidine rings is 1. The van der Waals surface area contributed by atoms with Crippen molar-refractivity contribution in [2.24, 2.45) is 11.1 Å². The van der Waals surface area contributed by atoms with Gasteiger partial charge in [-0.25, -0.2) is 0 Å². The van der Waals surface area contributed by atoms with Gasteiger partial charge in [0.25, 0.3) is 0 Å². The Balaban J connectivity index is 1.50.